The average Bonchev–Trinajstić information content (AvgIpc) is 1.66. The molecule has 0 atom stereocenters. The number of hydrogen-bond acceptors (Lipinski definition) is 1. The Bertz CT molecular complexity index is 70.9. The van der Waals surface area contributed by atoms with E-state index in [-0.39, 0.29) is 5.91 Å². The summed E-state index contributed by atoms with van der Waals surface area (Å²) >= 11 is 0. The first kappa shape index (κ1) is 7.34. The SMILES string of the molecule is [CH2+]CCCNC(C)=O. The highest BCUT2D eigenvalue weighted by atomic mass is 16.1. The van der Waals surface area contributed by atoms with Crippen LogP contribution in [0.15, 0.2) is 0 Å². The van der Waals surface area contributed by atoms with Gasteiger partial charge in [-0.2, -0.15) is 0 Å². The number of amides is 1. The van der Waals surface area contributed by atoms with Crippen molar-refractivity contribution in [3.63, 3.8) is 0 Å². The highest BCUT2D eigenvalue weighted by Gasteiger charge is 1.88. The molecular formula is C6H12NO+. The fourth-order valence-corrected chi connectivity index (χ4v) is 0.389. The summed E-state index contributed by atoms with van der Waals surface area (Å²) in [7, 11) is 0. The molecule has 0 radical (unpaired) electrons. The van der Waals surface area contributed by atoms with Crippen molar-refractivity contribution in [1.82, 2.24) is 5.32 Å². The van der Waals surface area contributed by atoms with Crippen LogP contribution in [0.4, 0.5) is 0 Å². The zero-order chi connectivity index (χ0) is 6.41. The van der Waals surface area contributed by atoms with Crippen LogP contribution in [0.1, 0.15) is 19.8 Å². The molecular weight excluding hydrogens is 102 g/mol. The van der Waals surface area contributed by atoms with Crippen LogP contribution in [0, 0.1) is 6.92 Å². The van der Waals surface area contributed by atoms with E-state index in [0.717, 1.165) is 19.4 Å². The van der Waals surface area contributed by atoms with Crippen molar-refractivity contribution in [2.24, 2.45) is 0 Å². The van der Waals surface area contributed by atoms with Gasteiger partial charge in [0.1, 0.15) is 0 Å². The quantitative estimate of drug-likeness (QED) is 0.425. The van der Waals surface area contributed by atoms with Crippen LogP contribution >= 0.6 is 0 Å². The molecule has 0 aliphatic rings. The third-order valence-electron chi connectivity index (χ3n) is 0.801. The molecule has 0 saturated carbocycles. The molecule has 0 aliphatic heterocycles. The molecule has 2 heteroatoms. The lowest BCUT2D eigenvalue weighted by Crippen LogP contribution is -2.20. The number of nitrogens with one attached hydrogen (secondary N) is 1. The van der Waals surface area contributed by atoms with E-state index in [2.05, 4.69) is 12.2 Å². The van der Waals surface area contributed by atoms with Gasteiger partial charge in [0.05, 0.1) is 13.3 Å². The molecule has 0 bridgehead atoms. The molecule has 0 unspecified atom stereocenters. The third-order valence-corrected chi connectivity index (χ3v) is 0.801. The minimum absolute atomic E-state index is 0.0402. The predicted molar refractivity (Wildman–Crippen MR) is 33.3 cm³/mol. The maximum atomic E-state index is 10.2. The lowest BCUT2D eigenvalue weighted by atomic mass is 10.3. The van der Waals surface area contributed by atoms with Crippen LogP contribution in [-0.2, 0) is 4.79 Å². The van der Waals surface area contributed by atoms with E-state index in [1.165, 1.54) is 6.92 Å². The molecule has 1 N–H and O–H groups in total. The molecule has 0 aromatic carbocycles. The zero-order valence-corrected chi connectivity index (χ0v) is 5.24. The maximum Gasteiger partial charge on any atom is 0.216 e. The Balaban J connectivity index is 2.82. The molecule has 0 aromatic rings. The Kier molecular flexibility index (Phi) is 4.13. The molecule has 0 heterocycles. The number of unbranched alkanes of at least 4 members (excludes halogenated alkanes) is 1. The van der Waals surface area contributed by atoms with Crippen LogP contribution in [0.3, 0.4) is 0 Å². The summed E-state index contributed by atoms with van der Waals surface area (Å²) in [5.41, 5.74) is 0. The van der Waals surface area contributed by atoms with Gasteiger partial charge in [-0.1, -0.05) is 0 Å². The number of hydrogen-bond donors (Lipinski definition) is 1. The van der Waals surface area contributed by atoms with Gasteiger partial charge in [0.25, 0.3) is 0 Å². The summed E-state index contributed by atoms with van der Waals surface area (Å²) in [5.74, 6) is 0.0402. The van der Waals surface area contributed by atoms with Gasteiger partial charge in [0, 0.05) is 19.9 Å². The van der Waals surface area contributed by atoms with E-state index in [1.807, 2.05) is 0 Å². The van der Waals surface area contributed by atoms with Crippen molar-refractivity contribution in [2.45, 2.75) is 19.8 Å². The van der Waals surface area contributed by atoms with Gasteiger partial charge in [-0.15, -0.1) is 0 Å². The van der Waals surface area contributed by atoms with Gasteiger partial charge in [-0.3, -0.25) is 4.79 Å². The van der Waals surface area contributed by atoms with E-state index in [1.54, 1.807) is 0 Å². The minimum Gasteiger partial charge on any atom is -0.356 e. The van der Waals surface area contributed by atoms with Crippen molar-refractivity contribution in [1.29, 1.82) is 0 Å². The number of carbonyl (C=O) groups is 1. The summed E-state index contributed by atoms with van der Waals surface area (Å²) in [5, 5.41) is 2.67. The van der Waals surface area contributed by atoms with Crippen molar-refractivity contribution in [3.05, 3.63) is 6.92 Å². The second kappa shape index (κ2) is 4.50. The monoisotopic (exact) mass is 114 g/mol. The first-order valence-electron chi connectivity index (χ1n) is 2.81. The Labute approximate surface area is 50.3 Å². The topological polar surface area (TPSA) is 29.1 Å². The molecule has 0 aromatic heterocycles. The molecule has 0 spiro atoms. The first-order valence-corrected chi connectivity index (χ1v) is 2.81. The van der Waals surface area contributed by atoms with Crippen LogP contribution in [0.5, 0.6) is 0 Å². The van der Waals surface area contributed by atoms with Crippen molar-refractivity contribution < 1.29 is 4.79 Å². The summed E-state index contributed by atoms with van der Waals surface area (Å²) in [6, 6.07) is 0. The lowest BCUT2D eigenvalue weighted by molar-refractivity contribution is -0.118. The van der Waals surface area contributed by atoms with E-state index >= 15 is 0 Å². The Morgan fingerprint density at radius 1 is 1.75 bits per heavy atom. The normalized spacial score (nSPS) is 8.62. The van der Waals surface area contributed by atoms with Gasteiger partial charge in [-0.25, -0.2) is 0 Å². The van der Waals surface area contributed by atoms with Gasteiger partial charge in [0.15, 0.2) is 0 Å². The second-order valence-electron chi connectivity index (χ2n) is 1.69. The fourth-order valence-electron chi connectivity index (χ4n) is 0.389. The molecule has 1 amide bonds. The minimum atomic E-state index is 0.0402. The van der Waals surface area contributed by atoms with E-state index in [4.69, 9.17) is 0 Å². The van der Waals surface area contributed by atoms with Gasteiger partial charge in [0.2, 0.25) is 5.91 Å². The highest BCUT2D eigenvalue weighted by molar-refractivity contribution is 5.72. The molecule has 46 valence electrons. The smallest absolute Gasteiger partial charge is 0.216 e. The molecule has 0 saturated heterocycles. The van der Waals surface area contributed by atoms with Crippen LogP contribution in [-0.4, -0.2) is 12.5 Å². The molecule has 0 aliphatic carbocycles. The van der Waals surface area contributed by atoms with Crippen LogP contribution < -0.4 is 5.32 Å². The first-order chi connectivity index (χ1) is 3.77. The average molecular weight is 114 g/mol. The Hall–Kier alpha value is -0.660. The van der Waals surface area contributed by atoms with Crippen LogP contribution in [0.2, 0.25) is 0 Å². The summed E-state index contributed by atoms with van der Waals surface area (Å²) in [6.07, 6.45) is 1.86. The highest BCUT2D eigenvalue weighted by Crippen LogP contribution is 1.80. The van der Waals surface area contributed by atoms with Crippen molar-refractivity contribution in [2.75, 3.05) is 6.54 Å². The maximum absolute atomic E-state index is 10.2. The second-order valence-corrected chi connectivity index (χ2v) is 1.69. The van der Waals surface area contributed by atoms with Crippen molar-refractivity contribution >= 4 is 5.91 Å². The molecule has 0 rings (SSSR count). The standard InChI is InChI=1S/C6H11NO/c1-3-4-5-7-6(2)8/h1,3-5H2,2H3/p+1. The third kappa shape index (κ3) is 5.34. The van der Waals surface area contributed by atoms with E-state index < -0.39 is 0 Å². The fraction of sp³-hybridized carbons (Fsp3) is 0.667. The van der Waals surface area contributed by atoms with Crippen LogP contribution in [0.25, 0.3) is 0 Å². The van der Waals surface area contributed by atoms with Gasteiger partial charge < -0.3 is 5.32 Å². The van der Waals surface area contributed by atoms with E-state index in [0.29, 0.717) is 0 Å². The molecule has 0 fully saturated rings. The Morgan fingerprint density at radius 2 is 2.38 bits per heavy atom. The summed E-state index contributed by atoms with van der Waals surface area (Å²) in [4.78, 5) is 10.2. The number of rotatable bonds is 3. The predicted octanol–water partition coefficient (Wildman–Crippen LogP) is 0.737. The lowest BCUT2D eigenvalue weighted by Gasteiger charge is -1.94. The molecule has 8 heavy (non-hydrogen) atoms. The number of carbonyl (C=O) groups excluding carboxylic acids is 1. The summed E-state index contributed by atoms with van der Waals surface area (Å²) < 4.78 is 0. The Morgan fingerprint density at radius 3 is 2.75 bits per heavy atom. The largest absolute Gasteiger partial charge is 0.356 e. The van der Waals surface area contributed by atoms with Gasteiger partial charge >= 0.3 is 0 Å². The van der Waals surface area contributed by atoms with Gasteiger partial charge in [-0.05, 0) is 0 Å². The van der Waals surface area contributed by atoms with E-state index in [9.17, 15) is 4.79 Å². The summed E-state index contributed by atoms with van der Waals surface area (Å²) in [6.45, 7) is 5.91. The molecule has 2 nitrogen and oxygen atoms in total. The zero-order valence-electron chi connectivity index (χ0n) is 5.24. The van der Waals surface area contributed by atoms with Crippen molar-refractivity contribution in [3.8, 4) is 0 Å².